The first-order valence-corrected chi connectivity index (χ1v) is 10.1. The fraction of sp³-hybridized carbons (Fsp3) is 0.105. The molecule has 0 fully saturated rings. The van der Waals surface area contributed by atoms with Crippen LogP contribution in [0.1, 0.15) is 22.5 Å². The Balaban J connectivity index is 0.000000376. The van der Waals surface area contributed by atoms with Crippen LogP contribution in [-0.2, 0) is 0 Å². The third-order valence-corrected chi connectivity index (χ3v) is 5.13. The fourth-order valence-electron chi connectivity index (χ4n) is 2.72. The molecule has 27 heavy (non-hydrogen) atoms. The van der Waals surface area contributed by atoms with E-state index < -0.39 is 10.2 Å². The number of fused-ring (bicyclic) bond motifs is 1. The van der Waals surface area contributed by atoms with E-state index >= 15 is 0 Å². The van der Waals surface area contributed by atoms with Gasteiger partial charge in [0.05, 0.1) is 5.25 Å². The van der Waals surface area contributed by atoms with Crippen LogP contribution in [0.4, 0.5) is 0 Å². The second-order valence-electron chi connectivity index (χ2n) is 5.63. The Morgan fingerprint density at radius 1 is 0.741 bits per heavy atom. The van der Waals surface area contributed by atoms with Gasteiger partial charge in [0.1, 0.15) is 0 Å². The van der Waals surface area contributed by atoms with Gasteiger partial charge in [-0.15, -0.1) is 10.2 Å². The molecule has 3 aromatic rings. The van der Waals surface area contributed by atoms with Gasteiger partial charge in [0, 0.05) is 22.4 Å². The predicted molar refractivity (Wildman–Crippen MR) is 87.4 cm³/mol. The summed E-state index contributed by atoms with van der Waals surface area (Å²) in [6, 6.07) is 27.2. The third kappa shape index (κ3) is 5.67. The molecule has 1 aromatic heterocycles. The van der Waals surface area contributed by atoms with Crippen LogP contribution >= 0.6 is 11.8 Å². The van der Waals surface area contributed by atoms with Crippen molar-refractivity contribution in [1.82, 2.24) is 0 Å². The third-order valence-electron chi connectivity index (χ3n) is 3.79. The number of hydrogen-bond acceptors (Lipinski definition) is 6. The lowest BCUT2D eigenvalue weighted by molar-refractivity contribution is -2.00. The molecule has 0 bridgehead atoms. The maximum Gasteiger partial charge on any atom is 0.291 e. The number of nitrogens with zero attached hydrogens (tertiary/aromatic N) is 1. The van der Waals surface area contributed by atoms with Crippen LogP contribution in [0.15, 0.2) is 90.1 Å². The maximum atomic E-state index is 8.49. The smallest absolute Gasteiger partial charge is 0.261 e. The SMILES string of the molecule is [O-][Cl+3]([O-])([O-])[O-].c1ccc([C@@H]2O[n+]3ccccc3S[C@H]2c2ccccc2)cc1. The molecule has 1 aliphatic heterocycles. The lowest BCUT2D eigenvalue weighted by Gasteiger charge is -2.27. The molecule has 0 amide bonds. The van der Waals surface area contributed by atoms with Crippen molar-refractivity contribution < 1.29 is 38.4 Å². The lowest BCUT2D eigenvalue weighted by Crippen LogP contribution is -2.68. The van der Waals surface area contributed by atoms with E-state index in [-0.39, 0.29) is 11.4 Å². The molecule has 2 heterocycles. The van der Waals surface area contributed by atoms with Crippen LogP contribution < -0.4 is 28.2 Å². The van der Waals surface area contributed by atoms with Crippen molar-refractivity contribution in [2.75, 3.05) is 0 Å². The molecular weight excluding hydrogens is 390 g/mol. The number of pyridine rings is 1. The molecule has 6 nitrogen and oxygen atoms in total. The Morgan fingerprint density at radius 2 is 1.26 bits per heavy atom. The summed E-state index contributed by atoms with van der Waals surface area (Å²) in [4.78, 5) is 6.28. The second-order valence-corrected chi connectivity index (χ2v) is 7.55. The minimum Gasteiger partial charge on any atom is -0.261 e. The molecule has 4 rings (SSSR count). The van der Waals surface area contributed by atoms with E-state index in [1.165, 1.54) is 11.1 Å². The van der Waals surface area contributed by atoms with Crippen LogP contribution in [0.3, 0.4) is 0 Å². The number of halogens is 1. The Labute approximate surface area is 163 Å². The van der Waals surface area contributed by atoms with E-state index in [0.717, 1.165) is 5.03 Å². The zero-order chi connectivity index (χ0) is 19.3. The van der Waals surface area contributed by atoms with Crippen molar-refractivity contribution in [3.05, 3.63) is 96.2 Å². The number of benzene rings is 2. The monoisotopic (exact) mass is 405 g/mol. The molecule has 0 radical (unpaired) electrons. The van der Waals surface area contributed by atoms with Crippen LogP contribution in [0, 0.1) is 10.2 Å². The van der Waals surface area contributed by atoms with Crippen LogP contribution in [0.5, 0.6) is 0 Å². The molecule has 8 heteroatoms. The Hall–Kier alpha value is -2.13. The summed E-state index contributed by atoms with van der Waals surface area (Å²) in [5.74, 6) is 0. The predicted octanol–water partition coefficient (Wildman–Crippen LogP) is -0.765. The number of hydrogen-bond donors (Lipinski definition) is 0. The van der Waals surface area contributed by atoms with E-state index in [0.29, 0.717) is 0 Å². The Kier molecular flexibility index (Phi) is 6.33. The van der Waals surface area contributed by atoms with Gasteiger partial charge in [0.2, 0.25) is 12.3 Å². The van der Waals surface area contributed by atoms with Crippen LogP contribution in [-0.4, -0.2) is 0 Å². The molecule has 2 atom stereocenters. The van der Waals surface area contributed by atoms with E-state index in [4.69, 9.17) is 23.5 Å². The minimum absolute atomic E-state index is 0.00602. The van der Waals surface area contributed by atoms with Crippen molar-refractivity contribution in [3.63, 3.8) is 0 Å². The largest absolute Gasteiger partial charge is 0.291 e. The number of thioether (sulfide) groups is 1. The minimum atomic E-state index is -4.94. The van der Waals surface area contributed by atoms with Crippen molar-refractivity contribution in [2.24, 2.45) is 0 Å². The van der Waals surface area contributed by atoms with Gasteiger partial charge in [0.25, 0.3) is 5.03 Å². The average Bonchev–Trinajstić information content (AvgIpc) is 2.67. The van der Waals surface area contributed by atoms with Gasteiger partial charge in [-0.3, -0.25) is 4.84 Å². The van der Waals surface area contributed by atoms with Gasteiger partial charge in [-0.25, -0.2) is 18.6 Å². The normalized spacial score (nSPS) is 18.5. The molecule has 0 spiro atoms. The van der Waals surface area contributed by atoms with Crippen molar-refractivity contribution >= 4 is 11.8 Å². The van der Waals surface area contributed by atoms with E-state index in [1.807, 2.05) is 40.9 Å². The maximum absolute atomic E-state index is 8.49. The molecule has 0 saturated heterocycles. The molecule has 1 aliphatic rings. The van der Waals surface area contributed by atoms with Gasteiger partial charge < -0.3 is 0 Å². The van der Waals surface area contributed by atoms with E-state index in [2.05, 4.69) is 60.7 Å². The zero-order valence-corrected chi connectivity index (χ0v) is 15.6. The van der Waals surface area contributed by atoms with Gasteiger partial charge >= 0.3 is 0 Å². The molecule has 140 valence electrons. The highest BCUT2D eigenvalue weighted by molar-refractivity contribution is 7.99. The quantitative estimate of drug-likeness (QED) is 0.519. The summed E-state index contributed by atoms with van der Waals surface area (Å²) in [7, 11) is -4.94. The average molecular weight is 406 g/mol. The summed E-state index contributed by atoms with van der Waals surface area (Å²) in [5, 5.41) is 1.37. The molecule has 2 aromatic carbocycles. The van der Waals surface area contributed by atoms with Crippen LogP contribution in [0.2, 0.25) is 0 Å². The number of aromatic nitrogens is 1. The molecular formula is C19H16ClNO5S. The summed E-state index contributed by atoms with van der Waals surface area (Å²) < 4.78 is 35.8. The summed E-state index contributed by atoms with van der Waals surface area (Å²) in [6.07, 6.45) is 1.97. The van der Waals surface area contributed by atoms with Gasteiger partial charge in [-0.05, 0) is 23.4 Å². The van der Waals surface area contributed by atoms with Crippen molar-refractivity contribution in [3.8, 4) is 0 Å². The summed E-state index contributed by atoms with van der Waals surface area (Å²) >= 11 is 1.85. The number of rotatable bonds is 2. The standard InChI is InChI=1S/C19H16NOS.ClHO4/c1-3-9-15(10-4-1)18-19(16-11-5-2-6-12-16)22-17-13-7-8-14-20(17)21-18;2-1(3,4)5/h1-14,18-19H;(H,2,3,4,5)/q+1;/p-1/t18-,19-;/m0./s1. The first-order valence-electron chi connectivity index (χ1n) is 7.98. The lowest BCUT2D eigenvalue weighted by atomic mass is 10.0. The molecule has 0 saturated carbocycles. The van der Waals surface area contributed by atoms with E-state index in [9.17, 15) is 0 Å². The zero-order valence-electron chi connectivity index (χ0n) is 14.0. The van der Waals surface area contributed by atoms with Crippen LogP contribution in [0.25, 0.3) is 0 Å². The Morgan fingerprint density at radius 3 is 1.85 bits per heavy atom. The van der Waals surface area contributed by atoms with Crippen molar-refractivity contribution in [2.45, 2.75) is 16.4 Å². The highest BCUT2D eigenvalue weighted by atomic mass is 35.7. The Bertz CT molecular complexity index is 788. The molecule has 0 N–H and O–H groups in total. The first kappa shape index (κ1) is 19.6. The topological polar surface area (TPSA) is 105 Å². The highest BCUT2D eigenvalue weighted by Crippen LogP contribution is 2.45. The second kappa shape index (κ2) is 8.71. The molecule has 0 aliphatic carbocycles. The highest BCUT2D eigenvalue weighted by Gasteiger charge is 2.38. The van der Waals surface area contributed by atoms with Gasteiger partial charge in [-0.1, -0.05) is 60.7 Å². The first-order chi connectivity index (χ1) is 12.9. The molecule has 0 unspecified atom stereocenters. The van der Waals surface area contributed by atoms with Gasteiger partial charge in [-0.2, -0.15) is 0 Å². The van der Waals surface area contributed by atoms with Crippen molar-refractivity contribution in [1.29, 1.82) is 0 Å². The summed E-state index contributed by atoms with van der Waals surface area (Å²) in [5.41, 5.74) is 2.49. The van der Waals surface area contributed by atoms with E-state index in [1.54, 1.807) is 0 Å². The fourth-order valence-corrected chi connectivity index (χ4v) is 3.97. The summed E-state index contributed by atoms with van der Waals surface area (Å²) in [6.45, 7) is 0. The van der Waals surface area contributed by atoms with Gasteiger partial charge in [0.15, 0.2) is 0 Å².